The highest BCUT2D eigenvalue weighted by Gasteiger charge is 2.17. The summed E-state index contributed by atoms with van der Waals surface area (Å²) >= 11 is 3.17. The standard InChI is InChI=1S/C16H8N2S2/c1-17-15-11(13-5-3-9-19-13)7-8-12(16(15)18-2)14-6-4-10-20-14/h3-10H. The predicted octanol–water partition coefficient (Wildman–Crippen LogP) is 6.25. The maximum absolute atomic E-state index is 7.44. The summed E-state index contributed by atoms with van der Waals surface area (Å²) in [5.74, 6) is 0. The fourth-order valence-electron chi connectivity index (χ4n) is 2.07. The zero-order chi connectivity index (χ0) is 13.9. The Labute approximate surface area is 125 Å². The van der Waals surface area contributed by atoms with Gasteiger partial charge in [0.25, 0.3) is 0 Å². The summed E-state index contributed by atoms with van der Waals surface area (Å²) in [5.41, 5.74) is 2.60. The van der Waals surface area contributed by atoms with E-state index in [1.54, 1.807) is 22.7 Å². The topological polar surface area (TPSA) is 8.72 Å². The zero-order valence-electron chi connectivity index (χ0n) is 10.3. The van der Waals surface area contributed by atoms with Crippen LogP contribution in [-0.2, 0) is 0 Å². The Bertz CT molecular complexity index is 745. The van der Waals surface area contributed by atoms with Gasteiger partial charge < -0.3 is 0 Å². The second-order valence-electron chi connectivity index (χ2n) is 4.04. The first-order chi connectivity index (χ1) is 9.85. The van der Waals surface area contributed by atoms with E-state index in [-0.39, 0.29) is 0 Å². The van der Waals surface area contributed by atoms with Crippen molar-refractivity contribution in [1.82, 2.24) is 0 Å². The molecule has 0 bridgehead atoms. The second-order valence-corrected chi connectivity index (χ2v) is 5.93. The number of hydrogen-bond acceptors (Lipinski definition) is 2. The van der Waals surface area contributed by atoms with Crippen LogP contribution in [0.3, 0.4) is 0 Å². The third kappa shape index (κ3) is 2.02. The second kappa shape index (κ2) is 5.30. The summed E-state index contributed by atoms with van der Waals surface area (Å²) in [4.78, 5) is 9.28. The molecule has 0 amide bonds. The lowest BCUT2D eigenvalue weighted by molar-refractivity contribution is 1.69. The summed E-state index contributed by atoms with van der Waals surface area (Å²) in [6.07, 6.45) is 0. The molecule has 0 N–H and O–H groups in total. The van der Waals surface area contributed by atoms with Crippen molar-refractivity contribution in [3.63, 3.8) is 0 Å². The van der Waals surface area contributed by atoms with Crippen molar-refractivity contribution in [2.24, 2.45) is 0 Å². The van der Waals surface area contributed by atoms with Gasteiger partial charge in [-0.1, -0.05) is 24.3 Å². The Kier molecular flexibility index (Phi) is 3.35. The van der Waals surface area contributed by atoms with E-state index in [1.165, 1.54) is 0 Å². The zero-order valence-corrected chi connectivity index (χ0v) is 12.0. The molecule has 3 rings (SSSR count). The van der Waals surface area contributed by atoms with Crippen molar-refractivity contribution < 1.29 is 0 Å². The summed E-state index contributed by atoms with van der Waals surface area (Å²) in [6.45, 7) is 14.9. The molecule has 0 saturated heterocycles. The minimum atomic E-state index is 0.452. The molecule has 0 aliphatic heterocycles. The Balaban J connectivity index is 2.29. The number of hydrogen-bond donors (Lipinski definition) is 0. The van der Waals surface area contributed by atoms with Crippen molar-refractivity contribution >= 4 is 34.0 Å². The molecule has 0 unspecified atom stereocenters. The molecule has 0 atom stereocenters. The van der Waals surface area contributed by atoms with Gasteiger partial charge in [-0.3, -0.25) is 0 Å². The molecule has 0 aliphatic carbocycles. The van der Waals surface area contributed by atoms with Crippen LogP contribution in [0.4, 0.5) is 11.4 Å². The van der Waals surface area contributed by atoms with Crippen LogP contribution in [0.15, 0.2) is 47.2 Å². The molecular weight excluding hydrogens is 284 g/mol. The number of benzene rings is 1. The Morgan fingerprint density at radius 2 is 1.15 bits per heavy atom. The quantitative estimate of drug-likeness (QED) is 0.494. The van der Waals surface area contributed by atoms with Gasteiger partial charge in [0.15, 0.2) is 0 Å². The average Bonchev–Trinajstić information content (AvgIpc) is 3.18. The molecule has 2 aromatic heterocycles. The molecular formula is C16H8N2S2. The van der Waals surface area contributed by atoms with Crippen molar-refractivity contribution in [3.8, 4) is 20.9 Å². The highest BCUT2D eigenvalue weighted by molar-refractivity contribution is 7.14. The third-order valence-electron chi connectivity index (χ3n) is 2.95. The van der Waals surface area contributed by atoms with Crippen molar-refractivity contribution in [2.75, 3.05) is 0 Å². The van der Waals surface area contributed by atoms with Gasteiger partial charge in [0.1, 0.15) is 0 Å². The van der Waals surface area contributed by atoms with Gasteiger partial charge in [-0.05, 0) is 34.0 Å². The minimum absolute atomic E-state index is 0.452. The lowest BCUT2D eigenvalue weighted by atomic mass is 10.0. The van der Waals surface area contributed by atoms with Gasteiger partial charge >= 0.3 is 0 Å². The molecule has 0 radical (unpaired) electrons. The minimum Gasteiger partial charge on any atom is -0.249 e. The lowest BCUT2D eigenvalue weighted by Gasteiger charge is -2.08. The fraction of sp³-hybridized carbons (Fsp3) is 0. The van der Waals surface area contributed by atoms with Crippen LogP contribution in [0.25, 0.3) is 30.6 Å². The first kappa shape index (κ1) is 12.6. The molecule has 1 aromatic carbocycles. The number of thiophene rings is 2. The van der Waals surface area contributed by atoms with Gasteiger partial charge in [0.2, 0.25) is 11.4 Å². The monoisotopic (exact) mass is 292 g/mol. The summed E-state index contributed by atoms with van der Waals surface area (Å²) in [7, 11) is 0. The smallest absolute Gasteiger partial charge is 0.203 e. The Morgan fingerprint density at radius 3 is 1.45 bits per heavy atom. The van der Waals surface area contributed by atoms with E-state index in [1.807, 2.05) is 47.2 Å². The van der Waals surface area contributed by atoms with Crippen LogP contribution in [0, 0.1) is 13.1 Å². The van der Waals surface area contributed by atoms with E-state index in [2.05, 4.69) is 9.69 Å². The van der Waals surface area contributed by atoms with Crippen LogP contribution >= 0.6 is 22.7 Å². The maximum atomic E-state index is 7.44. The Morgan fingerprint density at radius 1 is 0.700 bits per heavy atom. The Hall–Kier alpha value is -2.40. The number of rotatable bonds is 2. The van der Waals surface area contributed by atoms with E-state index < -0.39 is 0 Å². The normalized spacial score (nSPS) is 9.90. The van der Waals surface area contributed by atoms with E-state index in [0.29, 0.717) is 11.4 Å². The van der Waals surface area contributed by atoms with Gasteiger partial charge in [0.05, 0.1) is 13.1 Å². The maximum Gasteiger partial charge on any atom is 0.203 e. The van der Waals surface area contributed by atoms with E-state index in [4.69, 9.17) is 13.1 Å². The van der Waals surface area contributed by atoms with Gasteiger partial charge in [-0.2, -0.15) is 0 Å². The van der Waals surface area contributed by atoms with Gasteiger partial charge in [0, 0.05) is 9.75 Å². The summed E-state index contributed by atoms with van der Waals surface area (Å²) in [5, 5.41) is 3.96. The van der Waals surface area contributed by atoms with Crippen LogP contribution < -0.4 is 0 Å². The van der Waals surface area contributed by atoms with Crippen molar-refractivity contribution in [1.29, 1.82) is 0 Å². The molecule has 0 saturated carbocycles. The molecule has 0 fully saturated rings. The van der Waals surface area contributed by atoms with Crippen molar-refractivity contribution in [3.05, 3.63) is 70.0 Å². The molecule has 20 heavy (non-hydrogen) atoms. The van der Waals surface area contributed by atoms with Crippen molar-refractivity contribution in [2.45, 2.75) is 0 Å². The molecule has 94 valence electrons. The molecule has 0 spiro atoms. The van der Waals surface area contributed by atoms with E-state index in [9.17, 15) is 0 Å². The van der Waals surface area contributed by atoms with Crippen LogP contribution in [-0.4, -0.2) is 0 Å². The number of nitrogens with zero attached hydrogens (tertiary/aromatic N) is 2. The largest absolute Gasteiger partial charge is 0.249 e. The first-order valence-electron chi connectivity index (χ1n) is 5.85. The first-order valence-corrected chi connectivity index (χ1v) is 7.60. The van der Waals surface area contributed by atoms with Gasteiger partial charge in [-0.15, -0.1) is 22.7 Å². The van der Waals surface area contributed by atoms with Crippen LogP contribution in [0.1, 0.15) is 0 Å². The molecule has 0 aliphatic rings. The van der Waals surface area contributed by atoms with E-state index >= 15 is 0 Å². The van der Waals surface area contributed by atoms with Crippen LogP contribution in [0.2, 0.25) is 0 Å². The van der Waals surface area contributed by atoms with Crippen LogP contribution in [0.5, 0.6) is 0 Å². The predicted molar refractivity (Wildman–Crippen MR) is 85.6 cm³/mol. The molecule has 3 aromatic rings. The molecule has 2 nitrogen and oxygen atoms in total. The van der Waals surface area contributed by atoms with E-state index in [0.717, 1.165) is 20.9 Å². The highest BCUT2D eigenvalue weighted by atomic mass is 32.1. The average molecular weight is 292 g/mol. The lowest BCUT2D eigenvalue weighted by Crippen LogP contribution is -1.79. The SMILES string of the molecule is [C-]#[N+]c1c(-c2cccs2)ccc(-c2cccs2)c1[N+]#[C-]. The third-order valence-corrected chi connectivity index (χ3v) is 4.75. The molecule has 2 heterocycles. The van der Waals surface area contributed by atoms with Gasteiger partial charge in [-0.25, -0.2) is 9.69 Å². The summed E-state index contributed by atoms with van der Waals surface area (Å²) < 4.78 is 0. The summed E-state index contributed by atoms with van der Waals surface area (Å²) in [6, 6.07) is 11.8. The fourth-order valence-corrected chi connectivity index (χ4v) is 3.57. The highest BCUT2D eigenvalue weighted by Crippen LogP contribution is 2.46. The molecule has 4 heteroatoms.